The number of anilines is 2. The standard InChI is InChI=1S/C34H31F3N6O5S/c1-47-32-24(7-4-14-40-32)21-42-15-17-43(18-16-42)33(44)23-9-11-28(29(19-23)48-34(35,36)37)41-49(45,46)30-12-10-25(38)20-27(30)26-8-2-5-22-6-3-13-39-31(22)26/h2-14,19-20,41H,15-18,21,38H2,1H3. The van der Waals surface area contributed by atoms with Crippen molar-refractivity contribution in [1.82, 2.24) is 19.8 Å². The number of nitrogens with zero attached hydrogens (tertiary/aromatic N) is 4. The lowest BCUT2D eigenvalue weighted by Crippen LogP contribution is -2.48. The molecule has 3 heterocycles. The number of fused-ring (bicyclic) bond motifs is 1. The third-order valence-corrected chi connectivity index (χ3v) is 9.44. The lowest BCUT2D eigenvalue weighted by molar-refractivity contribution is -0.274. The molecule has 1 aliphatic heterocycles. The summed E-state index contributed by atoms with van der Waals surface area (Å²) in [4.78, 5) is 25.4. The van der Waals surface area contributed by atoms with Gasteiger partial charge in [-0.25, -0.2) is 13.4 Å². The van der Waals surface area contributed by atoms with E-state index >= 15 is 0 Å². The highest BCUT2D eigenvalue weighted by atomic mass is 32.2. The first-order valence-corrected chi connectivity index (χ1v) is 16.6. The molecule has 49 heavy (non-hydrogen) atoms. The number of ether oxygens (including phenoxy) is 2. The van der Waals surface area contributed by atoms with Crippen LogP contribution >= 0.6 is 0 Å². The van der Waals surface area contributed by atoms with Crippen LogP contribution in [-0.2, 0) is 16.6 Å². The van der Waals surface area contributed by atoms with Gasteiger partial charge in [0, 0.05) is 78.4 Å². The Balaban J connectivity index is 1.25. The maximum absolute atomic E-state index is 13.8. The highest BCUT2D eigenvalue weighted by molar-refractivity contribution is 7.92. The van der Waals surface area contributed by atoms with Crippen LogP contribution in [0.25, 0.3) is 22.0 Å². The molecule has 0 aliphatic carbocycles. The largest absolute Gasteiger partial charge is 0.573 e. The number of halogens is 3. The van der Waals surface area contributed by atoms with E-state index in [1.54, 1.807) is 36.7 Å². The average molecular weight is 693 g/mol. The van der Waals surface area contributed by atoms with Crippen molar-refractivity contribution in [2.45, 2.75) is 17.8 Å². The number of amides is 1. The molecule has 1 amide bonds. The highest BCUT2D eigenvalue weighted by Gasteiger charge is 2.34. The number of para-hydroxylation sites is 1. The second kappa shape index (κ2) is 13.6. The summed E-state index contributed by atoms with van der Waals surface area (Å²) >= 11 is 0. The lowest BCUT2D eigenvalue weighted by atomic mass is 10.0. The predicted molar refractivity (Wildman–Crippen MR) is 177 cm³/mol. The number of benzene rings is 3. The number of piperazine rings is 1. The Bertz CT molecular complexity index is 2120. The summed E-state index contributed by atoms with van der Waals surface area (Å²) in [5.41, 5.74) is 7.74. The number of hydrogen-bond donors (Lipinski definition) is 2. The monoisotopic (exact) mass is 692 g/mol. The normalized spacial score (nSPS) is 14.1. The second-order valence-electron chi connectivity index (χ2n) is 11.2. The number of nitrogen functional groups attached to an aromatic ring is 1. The number of nitrogens with one attached hydrogen (secondary N) is 1. The zero-order valence-corrected chi connectivity index (χ0v) is 27.0. The highest BCUT2D eigenvalue weighted by Crippen LogP contribution is 2.37. The summed E-state index contributed by atoms with van der Waals surface area (Å²) in [5.74, 6) is -0.899. The Hall–Kier alpha value is -5.41. The second-order valence-corrected chi connectivity index (χ2v) is 12.9. The molecular weight excluding hydrogens is 661 g/mol. The minimum Gasteiger partial charge on any atom is -0.481 e. The van der Waals surface area contributed by atoms with Crippen molar-refractivity contribution in [2.75, 3.05) is 43.7 Å². The molecule has 3 aromatic carbocycles. The van der Waals surface area contributed by atoms with Gasteiger partial charge in [0.05, 0.1) is 23.2 Å². The van der Waals surface area contributed by atoms with Crippen LogP contribution in [0.1, 0.15) is 15.9 Å². The van der Waals surface area contributed by atoms with Crippen LogP contribution in [0, 0.1) is 0 Å². The summed E-state index contributed by atoms with van der Waals surface area (Å²) in [5, 5.41) is 0.745. The van der Waals surface area contributed by atoms with Crippen LogP contribution < -0.4 is 19.9 Å². The zero-order valence-electron chi connectivity index (χ0n) is 26.1. The molecule has 1 saturated heterocycles. The molecule has 1 aliphatic rings. The number of sulfonamides is 1. The van der Waals surface area contributed by atoms with E-state index in [1.807, 2.05) is 18.2 Å². The van der Waals surface area contributed by atoms with Crippen LogP contribution in [0.4, 0.5) is 24.5 Å². The maximum atomic E-state index is 13.8. The van der Waals surface area contributed by atoms with Crippen LogP contribution in [0.15, 0.2) is 96.2 Å². The number of carbonyl (C=O) groups is 1. The molecule has 5 aromatic rings. The first-order valence-electron chi connectivity index (χ1n) is 15.1. The molecule has 6 rings (SSSR count). The van der Waals surface area contributed by atoms with Crippen molar-refractivity contribution < 1.29 is 35.9 Å². The molecule has 0 unspecified atom stereocenters. The van der Waals surface area contributed by atoms with Crippen molar-refractivity contribution in [3.63, 3.8) is 0 Å². The van der Waals surface area contributed by atoms with E-state index < -0.39 is 33.7 Å². The topological polar surface area (TPSA) is 140 Å². The van der Waals surface area contributed by atoms with E-state index in [2.05, 4.69) is 24.3 Å². The summed E-state index contributed by atoms with van der Waals surface area (Å²) in [6.07, 6.45) is -1.99. The first-order chi connectivity index (χ1) is 23.4. The molecule has 0 radical (unpaired) electrons. The van der Waals surface area contributed by atoms with Gasteiger partial charge in [0.15, 0.2) is 5.75 Å². The Morgan fingerprint density at radius 3 is 2.41 bits per heavy atom. The summed E-state index contributed by atoms with van der Waals surface area (Å²) in [6, 6.07) is 19.8. The van der Waals surface area contributed by atoms with Crippen molar-refractivity contribution in [2.24, 2.45) is 0 Å². The fourth-order valence-corrected chi connectivity index (χ4v) is 7.00. The van der Waals surface area contributed by atoms with Gasteiger partial charge in [0.2, 0.25) is 5.88 Å². The number of rotatable bonds is 9. The smallest absolute Gasteiger partial charge is 0.481 e. The van der Waals surface area contributed by atoms with E-state index in [-0.39, 0.29) is 21.7 Å². The predicted octanol–water partition coefficient (Wildman–Crippen LogP) is 5.55. The Kier molecular flexibility index (Phi) is 9.30. The number of aromatic nitrogens is 2. The van der Waals surface area contributed by atoms with E-state index in [0.717, 1.165) is 23.1 Å². The Morgan fingerprint density at radius 2 is 1.65 bits per heavy atom. The minimum atomic E-state index is -5.18. The SMILES string of the molecule is COc1ncccc1CN1CCN(C(=O)c2ccc(NS(=O)(=O)c3ccc(N)cc3-c3cccc4cccnc34)c(OC(F)(F)F)c2)CC1. The third-order valence-electron chi connectivity index (χ3n) is 8.01. The fourth-order valence-electron chi connectivity index (χ4n) is 5.72. The van der Waals surface area contributed by atoms with E-state index in [1.165, 1.54) is 36.3 Å². The van der Waals surface area contributed by atoms with Gasteiger partial charge in [0.1, 0.15) is 0 Å². The number of alkyl halides is 3. The van der Waals surface area contributed by atoms with Crippen LogP contribution in [0.5, 0.6) is 11.6 Å². The summed E-state index contributed by atoms with van der Waals surface area (Å²) in [6.45, 7) is 2.18. The first kappa shape index (κ1) is 33.5. The van der Waals surface area contributed by atoms with Crippen molar-refractivity contribution in [1.29, 1.82) is 0 Å². The van der Waals surface area contributed by atoms with Gasteiger partial charge in [-0.15, -0.1) is 13.2 Å². The zero-order chi connectivity index (χ0) is 34.8. The Morgan fingerprint density at radius 1 is 0.918 bits per heavy atom. The van der Waals surface area contributed by atoms with Crippen LogP contribution in [-0.4, -0.2) is 73.7 Å². The van der Waals surface area contributed by atoms with Gasteiger partial charge in [-0.3, -0.25) is 19.4 Å². The molecule has 0 bridgehead atoms. The van der Waals surface area contributed by atoms with E-state index in [0.29, 0.717) is 49.7 Å². The molecule has 2 aromatic heterocycles. The molecule has 254 valence electrons. The van der Waals surface area contributed by atoms with E-state index in [4.69, 9.17) is 10.5 Å². The molecule has 15 heteroatoms. The molecule has 0 spiro atoms. The summed E-state index contributed by atoms with van der Waals surface area (Å²) < 4.78 is 80.2. The van der Waals surface area contributed by atoms with Crippen molar-refractivity contribution >= 4 is 38.2 Å². The fraction of sp³-hybridized carbons (Fsp3) is 0.206. The van der Waals surface area contributed by atoms with Gasteiger partial charge in [-0.1, -0.05) is 30.3 Å². The number of methoxy groups -OCH3 is 1. The Labute approximate surface area is 280 Å². The molecule has 0 atom stereocenters. The molecule has 1 fully saturated rings. The van der Waals surface area contributed by atoms with Crippen molar-refractivity contribution in [3.05, 3.63) is 102 Å². The minimum absolute atomic E-state index is 0.0976. The third kappa shape index (κ3) is 7.52. The average Bonchev–Trinajstić information content (AvgIpc) is 3.08. The van der Waals surface area contributed by atoms with Crippen LogP contribution in [0.3, 0.4) is 0 Å². The number of nitrogens with two attached hydrogens (primary N) is 1. The van der Waals surface area contributed by atoms with Gasteiger partial charge in [0.25, 0.3) is 15.9 Å². The van der Waals surface area contributed by atoms with Crippen LogP contribution in [0.2, 0.25) is 0 Å². The van der Waals surface area contributed by atoms with Crippen molar-refractivity contribution in [3.8, 4) is 22.8 Å². The molecular formula is C34H31F3N6O5S. The number of carbonyl (C=O) groups excluding carboxylic acids is 1. The number of hydrogen-bond acceptors (Lipinski definition) is 9. The molecule has 11 nitrogen and oxygen atoms in total. The van der Waals surface area contributed by atoms with Gasteiger partial charge < -0.3 is 20.1 Å². The summed E-state index contributed by atoms with van der Waals surface area (Å²) in [7, 11) is -3.00. The number of pyridine rings is 2. The van der Waals surface area contributed by atoms with Gasteiger partial charge in [-0.05, 0) is 48.5 Å². The molecule has 0 saturated carbocycles. The lowest BCUT2D eigenvalue weighted by Gasteiger charge is -2.35. The van der Waals surface area contributed by atoms with Gasteiger partial charge in [-0.2, -0.15) is 0 Å². The molecule has 3 N–H and O–H groups in total. The maximum Gasteiger partial charge on any atom is 0.573 e. The van der Waals surface area contributed by atoms with E-state index in [9.17, 15) is 26.4 Å². The quantitative estimate of drug-likeness (QED) is 0.191. The van der Waals surface area contributed by atoms with Gasteiger partial charge >= 0.3 is 6.36 Å².